The predicted molar refractivity (Wildman–Crippen MR) is 119 cm³/mol. The summed E-state index contributed by atoms with van der Waals surface area (Å²) in [5.41, 5.74) is 6.04. The van der Waals surface area contributed by atoms with Gasteiger partial charge in [0, 0.05) is 10.0 Å². The number of hydrogen-bond acceptors (Lipinski definition) is 4. The van der Waals surface area contributed by atoms with E-state index in [1.165, 1.54) is 0 Å². The first kappa shape index (κ1) is 21.0. The van der Waals surface area contributed by atoms with Crippen molar-refractivity contribution in [3.05, 3.63) is 93.5 Å². The summed E-state index contributed by atoms with van der Waals surface area (Å²) in [6.45, 7) is 3.52. The molecule has 0 amide bonds. The van der Waals surface area contributed by atoms with Gasteiger partial charge in [0.05, 0.1) is 19.4 Å². The lowest BCUT2D eigenvalue weighted by molar-refractivity contribution is 0.269. The molecule has 0 bridgehead atoms. The maximum atomic E-state index is 6.03. The maximum Gasteiger partial charge on any atom is 0.161 e. The van der Waals surface area contributed by atoms with E-state index in [2.05, 4.69) is 10.5 Å². The highest BCUT2D eigenvalue weighted by atomic mass is 35.5. The van der Waals surface area contributed by atoms with Crippen LogP contribution in [0.25, 0.3) is 0 Å². The summed E-state index contributed by atoms with van der Waals surface area (Å²) in [4.78, 5) is 0. The number of benzene rings is 3. The standard InChI is InChI=1S/C23H22Cl2N2O2/c1-2-28-23-13-18(15-27-26-14-17-6-9-20(24)10-7-17)8-11-22(23)29-16-19-4-3-5-21(25)12-19/h3-13,15,26H,2,14,16H2,1H3/b27-15-. The van der Waals surface area contributed by atoms with Crippen molar-refractivity contribution in [1.29, 1.82) is 0 Å². The van der Waals surface area contributed by atoms with Crippen LogP contribution in [0.1, 0.15) is 23.6 Å². The molecule has 4 nitrogen and oxygen atoms in total. The Morgan fingerprint density at radius 3 is 2.45 bits per heavy atom. The molecule has 0 aromatic heterocycles. The van der Waals surface area contributed by atoms with Gasteiger partial charge in [-0.15, -0.1) is 0 Å². The summed E-state index contributed by atoms with van der Waals surface area (Å²) in [5, 5.41) is 5.68. The van der Waals surface area contributed by atoms with Crippen molar-refractivity contribution >= 4 is 29.4 Å². The fourth-order valence-corrected chi connectivity index (χ4v) is 2.98. The Bertz CT molecular complexity index is 959. The first-order valence-electron chi connectivity index (χ1n) is 9.28. The zero-order valence-corrected chi connectivity index (χ0v) is 17.6. The molecule has 0 saturated heterocycles. The average Bonchev–Trinajstić information content (AvgIpc) is 2.72. The zero-order chi connectivity index (χ0) is 20.5. The van der Waals surface area contributed by atoms with E-state index in [0.717, 1.165) is 21.7 Å². The molecular formula is C23H22Cl2N2O2. The first-order valence-corrected chi connectivity index (χ1v) is 10.0. The number of hydrazone groups is 1. The van der Waals surface area contributed by atoms with E-state index < -0.39 is 0 Å². The first-order chi connectivity index (χ1) is 14.1. The smallest absolute Gasteiger partial charge is 0.161 e. The molecule has 0 heterocycles. The van der Waals surface area contributed by atoms with Crippen molar-refractivity contribution in [2.24, 2.45) is 5.10 Å². The van der Waals surface area contributed by atoms with Crippen molar-refractivity contribution in [3.63, 3.8) is 0 Å². The molecule has 0 saturated carbocycles. The van der Waals surface area contributed by atoms with Crippen LogP contribution in [0.4, 0.5) is 0 Å². The Labute approximate surface area is 181 Å². The number of halogens is 2. The monoisotopic (exact) mass is 428 g/mol. The zero-order valence-electron chi connectivity index (χ0n) is 16.1. The molecule has 3 rings (SSSR count). The van der Waals surface area contributed by atoms with Gasteiger partial charge in [-0.05, 0) is 66.1 Å². The number of hydrogen-bond donors (Lipinski definition) is 1. The van der Waals surface area contributed by atoms with Gasteiger partial charge < -0.3 is 14.9 Å². The summed E-state index contributed by atoms with van der Waals surface area (Å²) in [6.07, 6.45) is 1.75. The molecule has 3 aromatic rings. The predicted octanol–water partition coefficient (Wildman–Crippen LogP) is 6.09. The van der Waals surface area contributed by atoms with Gasteiger partial charge in [-0.2, -0.15) is 5.10 Å². The summed E-state index contributed by atoms with van der Waals surface area (Å²) in [7, 11) is 0. The molecule has 0 radical (unpaired) electrons. The molecule has 0 spiro atoms. The quantitative estimate of drug-likeness (QED) is 0.330. The van der Waals surface area contributed by atoms with Gasteiger partial charge in [-0.1, -0.05) is 47.5 Å². The van der Waals surface area contributed by atoms with Crippen LogP contribution in [0.5, 0.6) is 11.5 Å². The van der Waals surface area contributed by atoms with E-state index in [1.807, 2.05) is 73.7 Å². The van der Waals surface area contributed by atoms with Gasteiger partial charge >= 0.3 is 0 Å². The van der Waals surface area contributed by atoms with E-state index >= 15 is 0 Å². The Kier molecular flexibility index (Phi) is 7.79. The second-order valence-electron chi connectivity index (χ2n) is 6.28. The van der Waals surface area contributed by atoms with Crippen LogP contribution in [0.3, 0.4) is 0 Å². The Hall–Kier alpha value is -2.69. The molecule has 0 atom stereocenters. The lowest BCUT2D eigenvalue weighted by Gasteiger charge is -2.13. The summed E-state index contributed by atoms with van der Waals surface area (Å²) in [6, 6.07) is 21.0. The van der Waals surface area contributed by atoms with Crippen LogP contribution in [0.15, 0.2) is 71.8 Å². The Morgan fingerprint density at radius 2 is 1.69 bits per heavy atom. The molecule has 0 unspecified atom stereocenters. The van der Waals surface area contributed by atoms with Crippen molar-refractivity contribution in [2.45, 2.75) is 20.1 Å². The molecule has 0 aliphatic heterocycles. The van der Waals surface area contributed by atoms with Gasteiger partial charge in [-0.25, -0.2) is 0 Å². The highest BCUT2D eigenvalue weighted by Crippen LogP contribution is 2.29. The van der Waals surface area contributed by atoms with Gasteiger partial charge in [0.1, 0.15) is 6.61 Å². The minimum atomic E-state index is 0.413. The molecule has 6 heteroatoms. The van der Waals surface area contributed by atoms with Crippen LogP contribution in [-0.4, -0.2) is 12.8 Å². The molecular weight excluding hydrogens is 407 g/mol. The minimum absolute atomic E-state index is 0.413. The SMILES string of the molecule is CCOc1cc(/C=N\NCc2ccc(Cl)cc2)ccc1OCc1cccc(Cl)c1. The highest BCUT2D eigenvalue weighted by Gasteiger charge is 2.07. The lowest BCUT2D eigenvalue weighted by atomic mass is 10.2. The lowest BCUT2D eigenvalue weighted by Crippen LogP contribution is -2.05. The maximum absolute atomic E-state index is 6.03. The molecule has 29 heavy (non-hydrogen) atoms. The number of rotatable bonds is 9. The Morgan fingerprint density at radius 1 is 0.862 bits per heavy atom. The molecule has 0 fully saturated rings. The Balaban J connectivity index is 1.61. The molecule has 1 N–H and O–H groups in total. The molecule has 150 valence electrons. The van der Waals surface area contributed by atoms with Crippen molar-refractivity contribution in [2.75, 3.05) is 6.61 Å². The normalized spacial score (nSPS) is 10.9. The fraction of sp³-hybridized carbons (Fsp3) is 0.174. The second-order valence-corrected chi connectivity index (χ2v) is 7.15. The van der Waals surface area contributed by atoms with Crippen molar-refractivity contribution < 1.29 is 9.47 Å². The summed E-state index contributed by atoms with van der Waals surface area (Å²) >= 11 is 11.9. The highest BCUT2D eigenvalue weighted by molar-refractivity contribution is 6.30. The summed E-state index contributed by atoms with van der Waals surface area (Å²) in [5.74, 6) is 1.36. The number of ether oxygens (including phenoxy) is 2. The van der Waals surface area contributed by atoms with Gasteiger partial charge in [0.25, 0.3) is 0 Å². The third-order valence-corrected chi connectivity index (χ3v) is 4.54. The number of nitrogens with one attached hydrogen (secondary N) is 1. The van der Waals surface area contributed by atoms with Gasteiger partial charge in [0.15, 0.2) is 11.5 Å². The topological polar surface area (TPSA) is 42.8 Å². The van der Waals surface area contributed by atoms with Gasteiger partial charge in [0.2, 0.25) is 0 Å². The molecule has 0 aliphatic carbocycles. The van der Waals surface area contributed by atoms with Crippen LogP contribution >= 0.6 is 23.2 Å². The van der Waals surface area contributed by atoms with Crippen LogP contribution in [0.2, 0.25) is 10.0 Å². The van der Waals surface area contributed by atoms with Crippen molar-refractivity contribution in [3.8, 4) is 11.5 Å². The largest absolute Gasteiger partial charge is 0.490 e. The van der Waals surface area contributed by atoms with E-state index in [0.29, 0.717) is 36.3 Å². The van der Waals surface area contributed by atoms with Crippen LogP contribution in [0, 0.1) is 0 Å². The molecule has 3 aromatic carbocycles. The second kappa shape index (κ2) is 10.7. The third kappa shape index (κ3) is 6.70. The molecule has 0 aliphatic rings. The van der Waals surface area contributed by atoms with Crippen molar-refractivity contribution in [1.82, 2.24) is 5.43 Å². The average molecular weight is 429 g/mol. The van der Waals surface area contributed by atoms with Crippen LogP contribution in [-0.2, 0) is 13.2 Å². The van der Waals surface area contributed by atoms with Crippen LogP contribution < -0.4 is 14.9 Å². The fourth-order valence-electron chi connectivity index (χ4n) is 2.64. The van der Waals surface area contributed by atoms with Gasteiger partial charge in [-0.3, -0.25) is 0 Å². The summed E-state index contributed by atoms with van der Waals surface area (Å²) < 4.78 is 11.7. The minimum Gasteiger partial charge on any atom is -0.490 e. The number of nitrogens with zero attached hydrogens (tertiary/aromatic N) is 1. The van der Waals surface area contributed by atoms with E-state index in [1.54, 1.807) is 6.21 Å². The third-order valence-electron chi connectivity index (χ3n) is 4.05. The van der Waals surface area contributed by atoms with E-state index in [9.17, 15) is 0 Å². The van der Waals surface area contributed by atoms with E-state index in [4.69, 9.17) is 32.7 Å². The van der Waals surface area contributed by atoms with E-state index in [-0.39, 0.29) is 0 Å².